The maximum absolute atomic E-state index is 12.6. The highest BCUT2D eigenvalue weighted by Crippen LogP contribution is 2.24. The topological polar surface area (TPSA) is 73.2 Å². The molecule has 0 fully saturated rings. The van der Waals surface area contributed by atoms with Gasteiger partial charge in [-0.1, -0.05) is 35.3 Å². The number of carbonyl (C=O) groups excluding carboxylic acids is 2. The van der Waals surface area contributed by atoms with Crippen molar-refractivity contribution in [2.45, 2.75) is 26.4 Å². The van der Waals surface area contributed by atoms with Crippen molar-refractivity contribution in [3.8, 4) is 0 Å². The molecule has 1 N–H and O–H groups in total. The quantitative estimate of drug-likeness (QED) is 0.600. The van der Waals surface area contributed by atoms with Gasteiger partial charge in [-0.3, -0.25) is 9.59 Å². The second-order valence-corrected chi connectivity index (χ2v) is 7.01. The fraction of sp³-hybridized carbons (Fsp3) is 0.250. The van der Waals surface area contributed by atoms with Crippen molar-refractivity contribution >= 4 is 46.1 Å². The molecule has 0 radical (unpaired) electrons. The predicted octanol–water partition coefficient (Wildman–Crippen LogP) is 4.40. The van der Waals surface area contributed by atoms with Crippen LogP contribution in [0.2, 0.25) is 10.0 Å². The zero-order valence-corrected chi connectivity index (χ0v) is 16.9. The summed E-state index contributed by atoms with van der Waals surface area (Å²) in [5.41, 5.74) is 1.83. The molecule has 0 bridgehead atoms. The van der Waals surface area contributed by atoms with Crippen LogP contribution in [0.4, 0.5) is 0 Å². The van der Waals surface area contributed by atoms with Gasteiger partial charge in [-0.2, -0.15) is 0 Å². The fourth-order valence-electron chi connectivity index (χ4n) is 2.94. The number of ether oxygens (including phenoxy) is 1. The Balaban J connectivity index is 1.91. The minimum absolute atomic E-state index is 0.00555. The van der Waals surface area contributed by atoms with Crippen LogP contribution >= 0.6 is 23.2 Å². The number of esters is 1. The smallest absolute Gasteiger partial charge is 0.326 e. The molecule has 0 aliphatic carbocycles. The summed E-state index contributed by atoms with van der Waals surface area (Å²) in [6, 6.07) is 11.7. The molecule has 0 unspecified atom stereocenters. The van der Waals surface area contributed by atoms with Gasteiger partial charge in [0.15, 0.2) is 0 Å². The summed E-state index contributed by atoms with van der Waals surface area (Å²) in [6.07, 6.45) is 0. The van der Waals surface area contributed by atoms with E-state index in [1.54, 1.807) is 30.5 Å². The number of nitrogens with one attached hydrogen (secondary N) is 1. The molecule has 2 aromatic carbocycles. The van der Waals surface area contributed by atoms with E-state index in [1.807, 2.05) is 24.3 Å². The molecule has 0 aliphatic heterocycles. The third-order valence-electron chi connectivity index (χ3n) is 4.19. The average Bonchev–Trinajstić information content (AvgIpc) is 3.00. The van der Waals surface area contributed by atoms with Crippen LogP contribution < -0.4 is 5.32 Å². The van der Waals surface area contributed by atoms with Gasteiger partial charge in [-0.15, -0.1) is 0 Å². The number of benzene rings is 2. The number of imidazole rings is 1. The maximum atomic E-state index is 12.6. The first kappa shape index (κ1) is 20.2. The predicted molar refractivity (Wildman–Crippen MR) is 109 cm³/mol. The normalized spacial score (nSPS) is 12.0. The molecule has 6 nitrogen and oxygen atoms in total. The lowest BCUT2D eigenvalue weighted by atomic mass is 10.2. The van der Waals surface area contributed by atoms with Crippen LogP contribution in [0.3, 0.4) is 0 Å². The summed E-state index contributed by atoms with van der Waals surface area (Å²) in [5.74, 6) is -0.178. The van der Waals surface area contributed by atoms with Crippen molar-refractivity contribution in [1.29, 1.82) is 0 Å². The van der Waals surface area contributed by atoms with Crippen molar-refractivity contribution in [1.82, 2.24) is 14.9 Å². The number of carbonyl (C=O) groups is 2. The van der Waals surface area contributed by atoms with Gasteiger partial charge in [0, 0.05) is 5.02 Å². The van der Waals surface area contributed by atoms with Gasteiger partial charge >= 0.3 is 5.97 Å². The molecule has 0 saturated heterocycles. The molecule has 146 valence electrons. The Morgan fingerprint density at radius 2 is 1.96 bits per heavy atom. The molecule has 28 heavy (non-hydrogen) atoms. The van der Waals surface area contributed by atoms with E-state index in [9.17, 15) is 9.59 Å². The van der Waals surface area contributed by atoms with Gasteiger partial charge in [0.1, 0.15) is 12.4 Å². The van der Waals surface area contributed by atoms with Crippen molar-refractivity contribution in [3.05, 3.63) is 63.9 Å². The van der Waals surface area contributed by atoms with Gasteiger partial charge in [0.25, 0.3) is 5.91 Å². The number of hydrogen-bond acceptors (Lipinski definition) is 4. The lowest BCUT2D eigenvalue weighted by molar-refractivity contribution is -0.143. The van der Waals surface area contributed by atoms with E-state index in [2.05, 4.69) is 10.3 Å². The number of aromatic nitrogens is 2. The molecule has 1 atom stereocenters. The molecule has 1 heterocycles. The third-order valence-corrected chi connectivity index (χ3v) is 4.74. The minimum Gasteiger partial charge on any atom is -0.465 e. The van der Waals surface area contributed by atoms with Crippen LogP contribution in [-0.2, 0) is 16.1 Å². The van der Waals surface area contributed by atoms with Crippen LogP contribution in [0.25, 0.3) is 11.0 Å². The van der Waals surface area contributed by atoms with Crippen molar-refractivity contribution in [2.75, 3.05) is 6.61 Å². The minimum atomic E-state index is -0.471. The van der Waals surface area contributed by atoms with E-state index in [-0.39, 0.29) is 23.4 Å². The SMILES string of the molecule is CCOC(=O)Cn1c([C@@H](C)NC(=O)c2ccc(Cl)cc2Cl)nc2ccccc21. The van der Waals surface area contributed by atoms with Crippen LogP contribution in [0, 0.1) is 0 Å². The van der Waals surface area contributed by atoms with E-state index in [0.717, 1.165) is 11.0 Å². The lowest BCUT2D eigenvalue weighted by Gasteiger charge is -2.16. The van der Waals surface area contributed by atoms with Gasteiger partial charge < -0.3 is 14.6 Å². The molecular weight excluding hydrogens is 401 g/mol. The Morgan fingerprint density at radius 1 is 1.21 bits per heavy atom. The van der Waals surface area contributed by atoms with E-state index >= 15 is 0 Å². The summed E-state index contributed by atoms with van der Waals surface area (Å²) in [5, 5.41) is 3.59. The Kier molecular flexibility index (Phi) is 6.21. The van der Waals surface area contributed by atoms with Crippen molar-refractivity contribution < 1.29 is 14.3 Å². The number of nitrogens with zero attached hydrogens (tertiary/aromatic N) is 2. The van der Waals surface area contributed by atoms with E-state index in [1.165, 1.54) is 6.07 Å². The fourth-order valence-corrected chi connectivity index (χ4v) is 3.43. The van der Waals surface area contributed by atoms with Gasteiger partial charge in [0.2, 0.25) is 0 Å². The molecule has 3 aromatic rings. The van der Waals surface area contributed by atoms with Crippen molar-refractivity contribution in [3.63, 3.8) is 0 Å². The second-order valence-electron chi connectivity index (χ2n) is 6.17. The first-order chi connectivity index (χ1) is 13.4. The zero-order valence-electron chi connectivity index (χ0n) is 15.4. The number of amides is 1. The molecule has 3 rings (SSSR count). The van der Waals surface area contributed by atoms with Gasteiger partial charge in [-0.25, -0.2) is 4.98 Å². The summed E-state index contributed by atoms with van der Waals surface area (Å²) in [6.45, 7) is 3.85. The van der Waals surface area contributed by atoms with E-state index in [4.69, 9.17) is 27.9 Å². The van der Waals surface area contributed by atoms with E-state index < -0.39 is 6.04 Å². The van der Waals surface area contributed by atoms with Gasteiger partial charge in [0.05, 0.1) is 34.3 Å². The van der Waals surface area contributed by atoms with Gasteiger partial charge in [-0.05, 0) is 44.2 Å². The Labute approximate surface area is 172 Å². The lowest BCUT2D eigenvalue weighted by Crippen LogP contribution is -2.29. The summed E-state index contributed by atoms with van der Waals surface area (Å²) in [7, 11) is 0. The number of halogens is 2. The first-order valence-corrected chi connectivity index (χ1v) is 9.53. The first-order valence-electron chi connectivity index (χ1n) is 8.77. The van der Waals surface area contributed by atoms with Crippen LogP contribution in [-0.4, -0.2) is 28.0 Å². The molecule has 1 aromatic heterocycles. The number of fused-ring (bicyclic) bond motifs is 1. The Hall–Kier alpha value is -2.57. The Bertz CT molecular complexity index is 1030. The number of rotatable bonds is 6. The molecular formula is C20H19Cl2N3O3. The third kappa shape index (κ3) is 4.29. The summed E-state index contributed by atoms with van der Waals surface area (Å²) < 4.78 is 6.82. The zero-order chi connectivity index (χ0) is 20.3. The largest absolute Gasteiger partial charge is 0.465 e. The maximum Gasteiger partial charge on any atom is 0.326 e. The molecule has 0 aliphatic rings. The highest BCUT2D eigenvalue weighted by atomic mass is 35.5. The Morgan fingerprint density at radius 3 is 2.68 bits per heavy atom. The number of hydrogen-bond donors (Lipinski definition) is 1. The standard InChI is InChI=1S/C20H19Cl2N3O3/c1-3-28-18(26)11-25-17-7-5-4-6-16(17)24-19(25)12(2)23-20(27)14-9-8-13(21)10-15(14)22/h4-10,12H,3,11H2,1-2H3,(H,23,27)/t12-/m1/s1. The summed E-state index contributed by atoms with van der Waals surface area (Å²) >= 11 is 12.0. The monoisotopic (exact) mass is 419 g/mol. The van der Waals surface area contributed by atoms with Crippen LogP contribution in [0.15, 0.2) is 42.5 Å². The van der Waals surface area contributed by atoms with Crippen molar-refractivity contribution in [2.24, 2.45) is 0 Å². The summed E-state index contributed by atoms with van der Waals surface area (Å²) in [4.78, 5) is 29.3. The average molecular weight is 420 g/mol. The molecule has 1 amide bonds. The molecule has 0 spiro atoms. The highest BCUT2D eigenvalue weighted by Gasteiger charge is 2.21. The van der Waals surface area contributed by atoms with Crippen LogP contribution in [0.5, 0.6) is 0 Å². The van der Waals surface area contributed by atoms with Crippen LogP contribution in [0.1, 0.15) is 36.1 Å². The highest BCUT2D eigenvalue weighted by molar-refractivity contribution is 6.36. The second kappa shape index (κ2) is 8.63. The number of para-hydroxylation sites is 2. The molecule has 8 heteroatoms. The van der Waals surface area contributed by atoms with E-state index in [0.29, 0.717) is 23.0 Å². The molecule has 0 saturated carbocycles.